The van der Waals surface area contributed by atoms with E-state index in [0.717, 1.165) is 41.1 Å². The SMILES string of the molecule is COc1cncc(-n2cnc(-c3cc(C(=O)N=C4CC4)ccc3C)c2)c1. The highest BCUT2D eigenvalue weighted by Gasteiger charge is 2.17. The predicted molar refractivity (Wildman–Crippen MR) is 99.1 cm³/mol. The molecule has 1 amide bonds. The van der Waals surface area contributed by atoms with E-state index in [0.29, 0.717) is 11.3 Å². The Hall–Kier alpha value is -3.28. The number of aromatic nitrogens is 3. The fourth-order valence-corrected chi connectivity index (χ4v) is 2.67. The van der Waals surface area contributed by atoms with Crippen LogP contribution < -0.4 is 4.74 Å². The number of carbonyl (C=O) groups is 1. The maximum atomic E-state index is 12.3. The van der Waals surface area contributed by atoms with E-state index < -0.39 is 0 Å². The molecule has 6 nitrogen and oxygen atoms in total. The van der Waals surface area contributed by atoms with Crippen molar-refractivity contribution in [1.82, 2.24) is 14.5 Å². The number of aryl methyl sites for hydroxylation is 1. The molecule has 0 saturated heterocycles. The fourth-order valence-electron chi connectivity index (χ4n) is 2.67. The highest BCUT2D eigenvalue weighted by atomic mass is 16.5. The van der Waals surface area contributed by atoms with E-state index in [1.54, 1.807) is 25.8 Å². The molecule has 1 aromatic carbocycles. The van der Waals surface area contributed by atoms with Gasteiger partial charge in [-0.05, 0) is 37.5 Å². The molecule has 0 atom stereocenters. The van der Waals surface area contributed by atoms with Crippen molar-refractivity contribution in [2.45, 2.75) is 19.8 Å². The van der Waals surface area contributed by atoms with Crippen molar-refractivity contribution in [3.8, 4) is 22.7 Å². The monoisotopic (exact) mass is 346 g/mol. The molecule has 0 spiro atoms. The molecule has 1 aliphatic rings. The lowest BCUT2D eigenvalue weighted by atomic mass is 10.0. The first-order valence-electron chi connectivity index (χ1n) is 8.39. The molecule has 26 heavy (non-hydrogen) atoms. The van der Waals surface area contributed by atoms with Crippen LogP contribution in [0.5, 0.6) is 5.75 Å². The molecule has 4 rings (SSSR count). The first-order valence-corrected chi connectivity index (χ1v) is 8.39. The Labute approximate surface area is 151 Å². The van der Waals surface area contributed by atoms with Gasteiger partial charge in [0.1, 0.15) is 5.75 Å². The second-order valence-electron chi connectivity index (χ2n) is 6.26. The standard InChI is InChI=1S/C20H18N4O2/c1-13-3-4-14(20(25)23-15-5-6-15)7-18(13)19-11-24(12-22-19)16-8-17(26-2)10-21-9-16/h3-4,7-12H,5-6H2,1-2H3. The zero-order valence-electron chi connectivity index (χ0n) is 14.6. The molecule has 0 N–H and O–H groups in total. The number of rotatable bonds is 4. The van der Waals surface area contributed by atoms with E-state index in [-0.39, 0.29) is 5.91 Å². The summed E-state index contributed by atoms with van der Waals surface area (Å²) >= 11 is 0. The molecule has 0 radical (unpaired) electrons. The first-order chi connectivity index (χ1) is 12.6. The quantitative estimate of drug-likeness (QED) is 0.723. The Kier molecular flexibility index (Phi) is 4.08. The van der Waals surface area contributed by atoms with Gasteiger partial charge in [0.15, 0.2) is 0 Å². The molecule has 1 saturated carbocycles. The van der Waals surface area contributed by atoms with Crippen molar-refractivity contribution in [3.63, 3.8) is 0 Å². The van der Waals surface area contributed by atoms with Crippen LogP contribution in [-0.2, 0) is 0 Å². The molecule has 3 aromatic rings. The largest absolute Gasteiger partial charge is 0.495 e. The van der Waals surface area contributed by atoms with Crippen molar-refractivity contribution in [2.75, 3.05) is 7.11 Å². The van der Waals surface area contributed by atoms with Crippen LogP contribution in [0.4, 0.5) is 0 Å². The molecule has 1 aliphatic carbocycles. The van der Waals surface area contributed by atoms with Crippen LogP contribution in [0.2, 0.25) is 0 Å². The fraction of sp³-hybridized carbons (Fsp3) is 0.200. The molecule has 2 heterocycles. The summed E-state index contributed by atoms with van der Waals surface area (Å²) in [5.74, 6) is 0.496. The predicted octanol–water partition coefficient (Wildman–Crippen LogP) is 3.63. The molecule has 0 unspecified atom stereocenters. The zero-order chi connectivity index (χ0) is 18.1. The van der Waals surface area contributed by atoms with Crippen molar-refractivity contribution >= 4 is 11.6 Å². The maximum Gasteiger partial charge on any atom is 0.276 e. The number of imidazole rings is 1. The van der Waals surface area contributed by atoms with Crippen LogP contribution in [0.1, 0.15) is 28.8 Å². The van der Waals surface area contributed by atoms with Crippen molar-refractivity contribution in [2.24, 2.45) is 4.99 Å². The molecule has 130 valence electrons. The number of methoxy groups -OCH3 is 1. The number of aliphatic imine (C=N–C) groups is 1. The van der Waals surface area contributed by atoms with Gasteiger partial charge in [0.2, 0.25) is 0 Å². The molecular formula is C20H18N4O2. The number of benzene rings is 1. The minimum Gasteiger partial charge on any atom is -0.495 e. The van der Waals surface area contributed by atoms with Gasteiger partial charge in [-0.2, -0.15) is 0 Å². The van der Waals surface area contributed by atoms with E-state index in [4.69, 9.17) is 4.74 Å². The Morgan fingerprint density at radius 1 is 1.23 bits per heavy atom. The van der Waals surface area contributed by atoms with Crippen LogP contribution in [0.3, 0.4) is 0 Å². The summed E-state index contributed by atoms with van der Waals surface area (Å²) in [4.78, 5) is 25.0. The number of hydrogen-bond donors (Lipinski definition) is 0. The Bertz CT molecular complexity index is 1010. The summed E-state index contributed by atoms with van der Waals surface area (Å²) in [6.07, 6.45) is 8.91. The minimum atomic E-state index is -0.185. The average molecular weight is 346 g/mol. The van der Waals surface area contributed by atoms with E-state index in [1.165, 1.54) is 0 Å². The van der Waals surface area contributed by atoms with Gasteiger partial charge in [0.25, 0.3) is 5.91 Å². The maximum absolute atomic E-state index is 12.3. The number of nitrogens with zero attached hydrogens (tertiary/aromatic N) is 4. The summed E-state index contributed by atoms with van der Waals surface area (Å²) in [5, 5.41) is 0. The van der Waals surface area contributed by atoms with Gasteiger partial charge < -0.3 is 9.30 Å². The summed E-state index contributed by atoms with van der Waals surface area (Å²) in [6, 6.07) is 7.50. The molecule has 0 aliphatic heterocycles. The second-order valence-corrected chi connectivity index (χ2v) is 6.26. The normalized spacial score (nSPS) is 12.8. The Morgan fingerprint density at radius 2 is 2.08 bits per heavy atom. The van der Waals surface area contributed by atoms with Crippen molar-refractivity contribution in [1.29, 1.82) is 0 Å². The van der Waals surface area contributed by atoms with Gasteiger partial charge in [0, 0.05) is 29.1 Å². The van der Waals surface area contributed by atoms with Crippen LogP contribution in [0.15, 0.2) is 54.2 Å². The number of hydrogen-bond acceptors (Lipinski definition) is 4. The summed E-state index contributed by atoms with van der Waals surface area (Å²) < 4.78 is 7.10. The van der Waals surface area contributed by atoms with Crippen LogP contribution >= 0.6 is 0 Å². The van der Waals surface area contributed by atoms with Gasteiger partial charge in [-0.15, -0.1) is 0 Å². The lowest BCUT2D eigenvalue weighted by molar-refractivity contribution is 0.100. The van der Waals surface area contributed by atoms with Gasteiger partial charge in [-0.1, -0.05) is 6.07 Å². The molecular weight excluding hydrogens is 328 g/mol. The van der Waals surface area contributed by atoms with Crippen LogP contribution in [0.25, 0.3) is 16.9 Å². The topological polar surface area (TPSA) is 69.4 Å². The van der Waals surface area contributed by atoms with E-state index in [2.05, 4.69) is 15.0 Å². The first kappa shape index (κ1) is 16.2. The summed E-state index contributed by atoms with van der Waals surface area (Å²) in [5.41, 5.74) is 5.18. The molecule has 6 heteroatoms. The number of carbonyl (C=O) groups excluding carboxylic acids is 1. The third kappa shape index (κ3) is 3.26. The summed E-state index contributed by atoms with van der Waals surface area (Å²) in [7, 11) is 1.61. The minimum absolute atomic E-state index is 0.185. The average Bonchev–Trinajstić information content (AvgIpc) is 3.34. The van der Waals surface area contributed by atoms with Gasteiger partial charge in [0.05, 0.1) is 37.2 Å². The van der Waals surface area contributed by atoms with Gasteiger partial charge in [-0.25, -0.2) is 9.98 Å². The highest BCUT2D eigenvalue weighted by Crippen LogP contribution is 2.25. The summed E-state index contributed by atoms with van der Waals surface area (Å²) in [6.45, 7) is 2.00. The lowest BCUT2D eigenvalue weighted by Gasteiger charge is -2.05. The number of pyridine rings is 1. The van der Waals surface area contributed by atoms with E-state index >= 15 is 0 Å². The molecule has 2 aromatic heterocycles. The Morgan fingerprint density at radius 3 is 2.85 bits per heavy atom. The van der Waals surface area contributed by atoms with Crippen LogP contribution in [0, 0.1) is 6.92 Å². The molecule has 1 fully saturated rings. The lowest BCUT2D eigenvalue weighted by Crippen LogP contribution is -1.97. The smallest absolute Gasteiger partial charge is 0.276 e. The van der Waals surface area contributed by atoms with E-state index in [1.807, 2.05) is 42.0 Å². The number of amides is 1. The Balaban J connectivity index is 1.68. The van der Waals surface area contributed by atoms with Crippen LogP contribution in [-0.4, -0.2) is 33.3 Å². The third-order valence-corrected chi connectivity index (χ3v) is 4.31. The van der Waals surface area contributed by atoms with Crippen molar-refractivity contribution < 1.29 is 9.53 Å². The van der Waals surface area contributed by atoms with E-state index in [9.17, 15) is 4.79 Å². The van der Waals surface area contributed by atoms with Gasteiger partial charge in [-0.3, -0.25) is 9.78 Å². The van der Waals surface area contributed by atoms with Gasteiger partial charge >= 0.3 is 0 Å². The third-order valence-electron chi connectivity index (χ3n) is 4.31. The highest BCUT2D eigenvalue weighted by molar-refractivity contribution is 6.09. The zero-order valence-corrected chi connectivity index (χ0v) is 14.6. The molecule has 0 bridgehead atoms. The second kappa shape index (κ2) is 6.55. The van der Waals surface area contributed by atoms with Crippen molar-refractivity contribution in [3.05, 3.63) is 60.3 Å². The number of ether oxygens (including phenoxy) is 1.